The molecule has 0 saturated heterocycles. The van der Waals surface area contributed by atoms with Crippen LogP contribution in [0.1, 0.15) is 42.6 Å². The quantitative estimate of drug-likeness (QED) is 0.282. The van der Waals surface area contributed by atoms with Crippen molar-refractivity contribution in [3.63, 3.8) is 0 Å². The van der Waals surface area contributed by atoms with Crippen LogP contribution in [0.3, 0.4) is 0 Å². The molecule has 27 heavy (non-hydrogen) atoms. The van der Waals surface area contributed by atoms with Gasteiger partial charge in [-0.15, -0.1) is 0 Å². The molecule has 0 unspecified atom stereocenters. The van der Waals surface area contributed by atoms with Crippen molar-refractivity contribution in [1.29, 1.82) is 0 Å². The van der Waals surface area contributed by atoms with E-state index in [4.69, 9.17) is 19.0 Å². The fourth-order valence-corrected chi connectivity index (χ4v) is 2.30. The molecule has 0 spiro atoms. The van der Waals surface area contributed by atoms with Crippen LogP contribution in [0.2, 0.25) is 0 Å². The van der Waals surface area contributed by atoms with Crippen LogP contribution >= 0.6 is 0 Å². The highest BCUT2D eigenvalue weighted by Crippen LogP contribution is 2.27. The van der Waals surface area contributed by atoms with Gasteiger partial charge in [-0.05, 0) is 55.8 Å². The minimum atomic E-state index is -0.532. The highest BCUT2D eigenvalue weighted by atomic mass is 16.7. The van der Waals surface area contributed by atoms with Crippen LogP contribution in [0.25, 0.3) is 0 Å². The molecule has 0 bridgehead atoms. The SMILES string of the molecule is CCCCOc1ccc(C(=O)O/N=C(\C)c2ccc(OC)c(OC)c2)cc1. The van der Waals surface area contributed by atoms with E-state index in [1.165, 1.54) is 0 Å². The molecule has 0 saturated carbocycles. The number of oxime groups is 1. The lowest BCUT2D eigenvalue weighted by atomic mass is 10.1. The molecule has 0 heterocycles. The normalized spacial score (nSPS) is 11.0. The van der Waals surface area contributed by atoms with Gasteiger partial charge in [0.05, 0.1) is 32.1 Å². The van der Waals surface area contributed by atoms with E-state index in [-0.39, 0.29) is 0 Å². The number of carbonyl (C=O) groups is 1. The Balaban J connectivity index is 2.00. The first kappa shape index (κ1) is 20.3. The Hall–Kier alpha value is -3.02. The molecule has 2 aromatic rings. The monoisotopic (exact) mass is 371 g/mol. The molecule has 0 aromatic heterocycles. The number of nitrogens with zero attached hydrogens (tertiary/aromatic N) is 1. The Bertz CT molecular complexity index is 784. The van der Waals surface area contributed by atoms with Crippen LogP contribution < -0.4 is 14.2 Å². The lowest BCUT2D eigenvalue weighted by molar-refractivity contribution is 0.0516. The molecule has 0 aliphatic heterocycles. The van der Waals surface area contributed by atoms with Crippen LogP contribution in [0.4, 0.5) is 0 Å². The molecular formula is C21H25NO5. The molecule has 0 N–H and O–H groups in total. The number of ether oxygens (including phenoxy) is 3. The third-order valence-electron chi connectivity index (χ3n) is 3.92. The summed E-state index contributed by atoms with van der Waals surface area (Å²) in [4.78, 5) is 17.2. The summed E-state index contributed by atoms with van der Waals surface area (Å²) < 4.78 is 16.1. The van der Waals surface area contributed by atoms with E-state index in [2.05, 4.69) is 12.1 Å². The van der Waals surface area contributed by atoms with Gasteiger partial charge in [0, 0.05) is 5.56 Å². The second-order valence-corrected chi connectivity index (χ2v) is 5.85. The summed E-state index contributed by atoms with van der Waals surface area (Å²) in [6, 6.07) is 12.2. The van der Waals surface area contributed by atoms with Gasteiger partial charge < -0.3 is 19.0 Å². The molecule has 0 aliphatic carbocycles. The van der Waals surface area contributed by atoms with E-state index in [9.17, 15) is 4.79 Å². The summed E-state index contributed by atoms with van der Waals surface area (Å²) >= 11 is 0. The first-order chi connectivity index (χ1) is 13.1. The van der Waals surface area contributed by atoms with E-state index in [1.54, 1.807) is 57.5 Å². The third-order valence-corrected chi connectivity index (χ3v) is 3.92. The van der Waals surface area contributed by atoms with Crippen molar-refractivity contribution in [2.24, 2.45) is 5.16 Å². The van der Waals surface area contributed by atoms with Gasteiger partial charge in [-0.25, -0.2) is 4.79 Å². The minimum absolute atomic E-state index is 0.404. The van der Waals surface area contributed by atoms with Gasteiger partial charge in [0.1, 0.15) is 5.75 Å². The number of methoxy groups -OCH3 is 2. The maximum atomic E-state index is 12.2. The van der Waals surface area contributed by atoms with Gasteiger partial charge in [0.15, 0.2) is 11.5 Å². The van der Waals surface area contributed by atoms with E-state index in [0.717, 1.165) is 24.2 Å². The van der Waals surface area contributed by atoms with Crippen molar-refractivity contribution in [2.45, 2.75) is 26.7 Å². The number of rotatable bonds is 9. The van der Waals surface area contributed by atoms with Crippen LogP contribution in [0, 0.1) is 0 Å². The van der Waals surface area contributed by atoms with Gasteiger partial charge in [0.2, 0.25) is 0 Å². The number of benzene rings is 2. The Labute approximate surface area is 159 Å². The smallest absolute Gasteiger partial charge is 0.365 e. The maximum absolute atomic E-state index is 12.2. The van der Waals surface area contributed by atoms with E-state index in [1.807, 2.05) is 6.07 Å². The van der Waals surface area contributed by atoms with E-state index >= 15 is 0 Å². The molecule has 0 atom stereocenters. The molecule has 6 nitrogen and oxygen atoms in total. The van der Waals surface area contributed by atoms with Gasteiger partial charge >= 0.3 is 5.97 Å². The van der Waals surface area contributed by atoms with Gasteiger partial charge in [-0.3, -0.25) is 0 Å². The third kappa shape index (κ3) is 5.74. The maximum Gasteiger partial charge on any atom is 0.365 e. The van der Waals surface area contributed by atoms with Gasteiger partial charge in [-0.1, -0.05) is 18.5 Å². The fraction of sp³-hybridized carbons (Fsp3) is 0.333. The zero-order valence-electron chi connectivity index (χ0n) is 16.2. The van der Waals surface area contributed by atoms with Crippen LogP contribution in [-0.4, -0.2) is 32.5 Å². The molecule has 0 amide bonds. The minimum Gasteiger partial charge on any atom is -0.494 e. The highest BCUT2D eigenvalue weighted by molar-refractivity contribution is 5.99. The Kier molecular flexibility index (Phi) is 7.67. The number of hydrogen-bond donors (Lipinski definition) is 0. The first-order valence-corrected chi connectivity index (χ1v) is 8.80. The van der Waals surface area contributed by atoms with Crippen LogP contribution in [0.5, 0.6) is 17.2 Å². The number of carbonyl (C=O) groups excluding carboxylic acids is 1. The van der Waals surface area contributed by atoms with Gasteiger partial charge in [-0.2, -0.15) is 0 Å². The van der Waals surface area contributed by atoms with E-state index in [0.29, 0.717) is 29.4 Å². The summed E-state index contributed by atoms with van der Waals surface area (Å²) in [5, 5.41) is 3.92. The molecular weight excluding hydrogens is 346 g/mol. The lowest BCUT2D eigenvalue weighted by Gasteiger charge is -2.09. The van der Waals surface area contributed by atoms with Gasteiger partial charge in [0.25, 0.3) is 0 Å². The van der Waals surface area contributed by atoms with Crippen molar-refractivity contribution >= 4 is 11.7 Å². The van der Waals surface area contributed by atoms with E-state index < -0.39 is 5.97 Å². The summed E-state index contributed by atoms with van der Waals surface area (Å²) in [7, 11) is 3.13. The Morgan fingerprint density at radius 1 is 0.963 bits per heavy atom. The zero-order valence-corrected chi connectivity index (χ0v) is 16.2. The van der Waals surface area contributed by atoms with Crippen LogP contribution in [0.15, 0.2) is 47.6 Å². The molecule has 6 heteroatoms. The summed E-state index contributed by atoms with van der Waals surface area (Å²) in [6.07, 6.45) is 2.07. The second-order valence-electron chi connectivity index (χ2n) is 5.85. The Morgan fingerprint density at radius 2 is 1.63 bits per heavy atom. The second kappa shape index (κ2) is 10.2. The largest absolute Gasteiger partial charge is 0.494 e. The summed E-state index contributed by atoms with van der Waals surface area (Å²) in [5.74, 6) is 1.39. The number of hydrogen-bond acceptors (Lipinski definition) is 6. The molecule has 0 radical (unpaired) electrons. The number of unbranched alkanes of at least 4 members (excludes halogenated alkanes) is 1. The average molecular weight is 371 g/mol. The van der Waals surface area contributed by atoms with Crippen molar-refractivity contribution in [3.8, 4) is 17.2 Å². The molecule has 2 rings (SSSR count). The standard InChI is InChI=1S/C21H25NO5/c1-5-6-13-26-18-10-7-16(8-11-18)21(23)27-22-15(2)17-9-12-19(24-3)20(14-17)25-4/h7-12,14H,5-6,13H2,1-4H3/b22-15+. The molecule has 2 aromatic carbocycles. The van der Waals surface area contributed by atoms with Crippen molar-refractivity contribution in [2.75, 3.05) is 20.8 Å². The average Bonchev–Trinajstić information content (AvgIpc) is 2.71. The molecule has 0 fully saturated rings. The molecule has 0 aliphatic rings. The van der Waals surface area contributed by atoms with Crippen LogP contribution in [-0.2, 0) is 4.84 Å². The van der Waals surface area contributed by atoms with Crippen molar-refractivity contribution in [1.82, 2.24) is 0 Å². The summed E-state index contributed by atoms with van der Waals surface area (Å²) in [6.45, 7) is 4.52. The lowest BCUT2D eigenvalue weighted by Crippen LogP contribution is -2.04. The van der Waals surface area contributed by atoms with Crippen molar-refractivity contribution < 1.29 is 23.8 Å². The Morgan fingerprint density at radius 3 is 2.26 bits per heavy atom. The zero-order chi connectivity index (χ0) is 19.6. The fourth-order valence-electron chi connectivity index (χ4n) is 2.30. The molecule has 144 valence electrons. The topological polar surface area (TPSA) is 66.4 Å². The summed E-state index contributed by atoms with van der Waals surface area (Å²) in [5.41, 5.74) is 1.71. The van der Waals surface area contributed by atoms with Crippen molar-refractivity contribution in [3.05, 3.63) is 53.6 Å². The first-order valence-electron chi connectivity index (χ1n) is 8.80. The predicted molar refractivity (Wildman–Crippen MR) is 104 cm³/mol. The highest BCUT2D eigenvalue weighted by Gasteiger charge is 2.10. The predicted octanol–water partition coefficient (Wildman–Crippen LogP) is 4.46.